The first-order valence-electron chi connectivity index (χ1n) is 9.54. The van der Waals surface area contributed by atoms with E-state index >= 15 is 0 Å². The molecule has 0 bridgehead atoms. The third kappa shape index (κ3) is 4.01. The fourth-order valence-electron chi connectivity index (χ4n) is 3.81. The number of furan rings is 1. The third-order valence-electron chi connectivity index (χ3n) is 5.34. The van der Waals surface area contributed by atoms with Gasteiger partial charge in [0.25, 0.3) is 5.91 Å². The van der Waals surface area contributed by atoms with Crippen LogP contribution < -0.4 is 5.73 Å². The van der Waals surface area contributed by atoms with Crippen LogP contribution >= 0.6 is 11.8 Å². The lowest BCUT2D eigenvalue weighted by Gasteiger charge is -2.16. The van der Waals surface area contributed by atoms with Gasteiger partial charge in [-0.2, -0.15) is 0 Å². The van der Waals surface area contributed by atoms with Gasteiger partial charge in [0.15, 0.2) is 5.76 Å². The van der Waals surface area contributed by atoms with Gasteiger partial charge >= 0.3 is 0 Å². The normalized spacial score (nSPS) is 19.1. The lowest BCUT2D eigenvalue weighted by atomic mass is 9.89. The molecule has 2 heterocycles. The fraction of sp³-hybridized carbons (Fsp3) is 0.261. The predicted molar refractivity (Wildman–Crippen MR) is 112 cm³/mol. The van der Waals surface area contributed by atoms with Crippen LogP contribution in [-0.4, -0.2) is 30.4 Å². The highest BCUT2D eigenvalue weighted by molar-refractivity contribution is 7.98. The maximum atomic E-state index is 13.2. The van der Waals surface area contributed by atoms with Crippen LogP contribution in [0.5, 0.6) is 0 Å². The van der Waals surface area contributed by atoms with Crippen LogP contribution in [0.2, 0.25) is 0 Å². The number of amides is 1. The Morgan fingerprint density at radius 2 is 1.75 bits per heavy atom. The quantitative estimate of drug-likeness (QED) is 0.632. The molecule has 28 heavy (non-hydrogen) atoms. The number of thioether (sulfide) groups is 1. The Hall–Kier alpha value is -2.50. The lowest BCUT2D eigenvalue weighted by molar-refractivity contribution is 0.0753. The zero-order valence-electron chi connectivity index (χ0n) is 15.7. The van der Waals surface area contributed by atoms with E-state index in [2.05, 4.69) is 24.3 Å². The Bertz CT molecular complexity index is 911. The number of hydrogen-bond donors (Lipinski definition) is 1. The molecule has 0 spiro atoms. The molecular formula is C23H24N2O2S. The van der Waals surface area contributed by atoms with Gasteiger partial charge in [0.2, 0.25) is 0 Å². The molecule has 1 fully saturated rings. The van der Waals surface area contributed by atoms with Crippen molar-refractivity contribution in [3.63, 3.8) is 0 Å². The molecule has 4 nitrogen and oxygen atoms in total. The number of carbonyl (C=O) groups excluding carboxylic acids is 1. The molecule has 1 aliphatic heterocycles. The molecule has 0 saturated carbocycles. The average Bonchev–Trinajstić information content (AvgIpc) is 3.40. The second-order valence-electron chi connectivity index (χ2n) is 7.10. The van der Waals surface area contributed by atoms with Crippen molar-refractivity contribution in [2.45, 2.75) is 16.6 Å². The van der Waals surface area contributed by atoms with Crippen LogP contribution in [0.1, 0.15) is 27.6 Å². The van der Waals surface area contributed by atoms with E-state index in [0.717, 1.165) is 5.56 Å². The smallest absolute Gasteiger partial charge is 0.289 e. The average molecular weight is 393 g/mol. The van der Waals surface area contributed by atoms with Gasteiger partial charge in [0.1, 0.15) is 0 Å². The monoisotopic (exact) mass is 392 g/mol. The molecule has 144 valence electrons. The highest BCUT2D eigenvalue weighted by atomic mass is 32.2. The van der Waals surface area contributed by atoms with E-state index in [9.17, 15) is 4.79 Å². The molecule has 4 rings (SSSR count). The number of likely N-dealkylation sites (tertiary alicyclic amines) is 1. The summed E-state index contributed by atoms with van der Waals surface area (Å²) in [7, 11) is 0. The lowest BCUT2D eigenvalue weighted by Crippen LogP contribution is -2.30. The fourth-order valence-corrected chi connectivity index (χ4v) is 4.71. The molecule has 3 aromatic rings. The summed E-state index contributed by atoms with van der Waals surface area (Å²) in [6.07, 6.45) is 1.61. The maximum Gasteiger partial charge on any atom is 0.289 e. The maximum absolute atomic E-state index is 13.2. The van der Waals surface area contributed by atoms with Gasteiger partial charge < -0.3 is 15.1 Å². The third-order valence-corrected chi connectivity index (χ3v) is 6.40. The summed E-state index contributed by atoms with van der Waals surface area (Å²) >= 11 is 1.70. The van der Waals surface area contributed by atoms with Crippen molar-refractivity contribution in [1.82, 2.24) is 4.90 Å². The summed E-state index contributed by atoms with van der Waals surface area (Å²) in [5, 5.41) is 0. The first kappa shape index (κ1) is 18.8. The zero-order valence-corrected chi connectivity index (χ0v) is 16.5. The number of carbonyl (C=O) groups is 1. The van der Waals surface area contributed by atoms with E-state index in [-0.39, 0.29) is 17.7 Å². The van der Waals surface area contributed by atoms with Crippen LogP contribution in [0.25, 0.3) is 0 Å². The van der Waals surface area contributed by atoms with Gasteiger partial charge in [-0.25, -0.2) is 0 Å². The topological polar surface area (TPSA) is 59.5 Å². The van der Waals surface area contributed by atoms with Crippen molar-refractivity contribution in [2.75, 3.05) is 19.6 Å². The molecule has 1 aliphatic rings. The van der Waals surface area contributed by atoms with Crippen LogP contribution in [-0.2, 0) is 5.75 Å². The zero-order chi connectivity index (χ0) is 19.3. The van der Waals surface area contributed by atoms with Crippen LogP contribution in [0, 0.1) is 5.92 Å². The summed E-state index contributed by atoms with van der Waals surface area (Å²) in [6.45, 7) is 1.91. The molecule has 1 aromatic heterocycles. The number of hydrogen-bond acceptors (Lipinski definition) is 4. The van der Waals surface area contributed by atoms with Crippen molar-refractivity contribution >= 4 is 17.7 Å². The Labute approximate surface area is 169 Å². The van der Waals surface area contributed by atoms with Gasteiger partial charge in [-0.05, 0) is 36.2 Å². The van der Waals surface area contributed by atoms with Gasteiger partial charge in [-0.15, -0.1) is 11.8 Å². The number of nitrogens with zero attached hydrogens (tertiary/aromatic N) is 1. The number of rotatable bonds is 6. The van der Waals surface area contributed by atoms with E-state index in [1.54, 1.807) is 18.0 Å². The van der Waals surface area contributed by atoms with Gasteiger partial charge in [-0.1, -0.05) is 48.5 Å². The van der Waals surface area contributed by atoms with Gasteiger partial charge in [0, 0.05) is 35.2 Å². The minimum atomic E-state index is -0.0365. The molecule has 5 heteroatoms. The van der Waals surface area contributed by atoms with Crippen molar-refractivity contribution in [3.05, 3.63) is 89.9 Å². The van der Waals surface area contributed by atoms with E-state index < -0.39 is 0 Å². The summed E-state index contributed by atoms with van der Waals surface area (Å²) in [4.78, 5) is 16.2. The van der Waals surface area contributed by atoms with Gasteiger partial charge in [0.05, 0.1) is 6.26 Å². The molecule has 0 radical (unpaired) electrons. The molecule has 0 aliphatic carbocycles. The van der Waals surface area contributed by atoms with E-state index in [1.807, 2.05) is 47.4 Å². The van der Waals surface area contributed by atoms with Crippen molar-refractivity contribution in [3.8, 4) is 0 Å². The second-order valence-corrected chi connectivity index (χ2v) is 8.15. The molecule has 0 unspecified atom stereocenters. The SMILES string of the molecule is NC[C@@H]1CN(C(=O)c2occc2CSc2ccccc2)C[C@H]1c1ccccc1. The first-order valence-corrected chi connectivity index (χ1v) is 10.5. The van der Waals surface area contributed by atoms with E-state index in [0.29, 0.717) is 31.1 Å². The molecule has 1 amide bonds. The van der Waals surface area contributed by atoms with Crippen molar-refractivity contribution in [1.29, 1.82) is 0 Å². The van der Waals surface area contributed by atoms with Crippen molar-refractivity contribution < 1.29 is 9.21 Å². The van der Waals surface area contributed by atoms with E-state index in [1.165, 1.54) is 10.5 Å². The Kier molecular flexibility index (Phi) is 5.84. The minimum Gasteiger partial charge on any atom is -0.459 e. The second kappa shape index (κ2) is 8.67. The summed E-state index contributed by atoms with van der Waals surface area (Å²) in [5.41, 5.74) is 8.20. The highest BCUT2D eigenvalue weighted by Crippen LogP contribution is 2.34. The van der Waals surface area contributed by atoms with Gasteiger partial charge in [-0.3, -0.25) is 4.79 Å². The molecule has 1 saturated heterocycles. The Balaban J connectivity index is 1.47. The van der Waals surface area contributed by atoms with Crippen LogP contribution in [0.4, 0.5) is 0 Å². The molecule has 2 atom stereocenters. The summed E-state index contributed by atoms with van der Waals surface area (Å²) in [6, 6.07) is 22.4. The number of nitrogens with two attached hydrogens (primary N) is 1. The number of benzene rings is 2. The van der Waals surface area contributed by atoms with Crippen LogP contribution in [0.3, 0.4) is 0 Å². The minimum absolute atomic E-state index is 0.0365. The predicted octanol–water partition coefficient (Wildman–Crippen LogP) is 4.39. The summed E-state index contributed by atoms with van der Waals surface area (Å²) < 4.78 is 5.60. The Morgan fingerprint density at radius 3 is 2.46 bits per heavy atom. The van der Waals surface area contributed by atoms with Crippen molar-refractivity contribution in [2.24, 2.45) is 11.7 Å². The standard InChI is InChI=1S/C23H24N2O2S/c24-13-19-14-25(15-21(19)17-7-3-1-4-8-17)23(26)22-18(11-12-27-22)16-28-20-9-5-2-6-10-20/h1-12,19,21H,13-16,24H2/t19-,21+/m1/s1. The molecular weight excluding hydrogens is 368 g/mol. The van der Waals surface area contributed by atoms with Crippen LogP contribution in [0.15, 0.2) is 82.3 Å². The highest BCUT2D eigenvalue weighted by Gasteiger charge is 2.37. The first-order chi connectivity index (χ1) is 13.8. The molecule has 2 aromatic carbocycles. The van der Waals surface area contributed by atoms with E-state index in [4.69, 9.17) is 10.2 Å². The summed E-state index contributed by atoms with van der Waals surface area (Å²) in [5.74, 6) is 1.66. The molecule has 2 N–H and O–H groups in total. The Morgan fingerprint density at radius 1 is 1.04 bits per heavy atom. The largest absolute Gasteiger partial charge is 0.459 e.